The van der Waals surface area contributed by atoms with Gasteiger partial charge in [0.25, 0.3) is 0 Å². The minimum absolute atomic E-state index is 0.0392. The highest BCUT2D eigenvalue weighted by Crippen LogP contribution is 2.33. The van der Waals surface area contributed by atoms with E-state index in [9.17, 15) is 8.78 Å². The zero-order valence-electron chi connectivity index (χ0n) is 19.0. The molecule has 1 saturated heterocycles. The molecule has 2 aromatic carbocycles. The van der Waals surface area contributed by atoms with Gasteiger partial charge in [-0.2, -0.15) is 0 Å². The lowest BCUT2D eigenvalue weighted by atomic mass is 10.00. The molecule has 7 heteroatoms. The predicted molar refractivity (Wildman–Crippen MR) is 131 cm³/mol. The highest BCUT2D eigenvalue weighted by Gasteiger charge is 2.27. The van der Waals surface area contributed by atoms with Gasteiger partial charge in [0, 0.05) is 55.9 Å². The standard InChI is InChI=1S/C26H31F2N5/c1-29-23-9-7-21(27)25(26(23)28)17-6-8-22-18(14-17)15-31-24(16-30-22)32-19-10-12-33(13-11-19)20-4-2-3-5-20/h6-9,14-16,19-20,29-30,32H,2-5,10-13H2,1H3. The van der Waals surface area contributed by atoms with Crippen LogP contribution in [0.2, 0.25) is 0 Å². The van der Waals surface area contributed by atoms with Gasteiger partial charge in [-0.3, -0.25) is 0 Å². The average molecular weight is 452 g/mol. The molecule has 174 valence electrons. The van der Waals surface area contributed by atoms with Gasteiger partial charge in [-0.25, -0.2) is 13.8 Å². The highest BCUT2D eigenvalue weighted by atomic mass is 19.1. The molecule has 2 heterocycles. The van der Waals surface area contributed by atoms with Crippen LogP contribution in [-0.4, -0.2) is 43.3 Å². The Labute approximate surface area is 194 Å². The second-order valence-corrected chi connectivity index (χ2v) is 9.16. The molecule has 1 aliphatic carbocycles. The maximum absolute atomic E-state index is 14.8. The third-order valence-corrected chi connectivity index (χ3v) is 7.13. The van der Waals surface area contributed by atoms with E-state index in [0.29, 0.717) is 11.6 Å². The summed E-state index contributed by atoms with van der Waals surface area (Å²) in [5.41, 5.74) is 2.33. The van der Waals surface area contributed by atoms with Crippen LogP contribution in [0.15, 0.2) is 47.3 Å². The van der Waals surface area contributed by atoms with E-state index in [0.717, 1.165) is 49.0 Å². The molecule has 0 spiro atoms. The minimum atomic E-state index is -0.597. The van der Waals surface area contributed by atoms with Gasteiger partial charge in [0.2, 0.25) is 0 Å². The van der Waals surface area contributed by atoms with E-state index in [4.69, 9.17) is 0 Å². The van der Waals surface area contributed by atoms with Crippen LogP contribution in [0.25, 0.3) is 11.1 Å². The summed E-state index contributed by atoms with van der Waals surface area (Å²) in [5.74, 6) is -0.406. The molecule has 1 saturated carbocycles. The topological polar surface area (TPSA) is 51.7 Å². The van der Waals surface area contributed by atoms with Crippen LogP contribution in [-0.2, 0) is 0 Å². The first-order valence-electron chi connectivity index (χ1n) is 11.9. The van der Waals surface area contributed by atoms with Crippen molar-refractivity contribution in [1.29, 1.82) is 0 Å². The summed E-state index contributed by atoms with van der Waals surface area (Å²) in [4.78, 5) is 7.28. The van der Waals surface area contributed by atoms with E-state index in [2.05, 4.69) is 25.8 Å². The van der Waals surface area contributed by atoms with Crippen molar-refractivity contribution in [3.8, 4) is 11.1 Å². The molecule has 2 aliphatic heterocycles. The Morgan fingerprint density at radius 1 is 1.03 bits per heavy atom. The van der Waals surface area contributed by atoms with E-state index in [1.54, 1.807) is 25.4 Å². The number of piperidine rings is 1. The Kier molecular flexibility index (Phi) is 6.31. The lowest BCUT2D eigenvalue weighted by Crippen LogP contribution is -2.45. The summed E-state index contributed by atoms with van der Waals surface area (Å²) >= 11 is 0. The molecule has 5 rings (SSSR count). The second kappa shape index (κ2) is 9.51. The molecule has 3 aliphatic rings. The third kappa shape index (κ3) is 4.60. The van der Waals surface area contributed by atoms with Crippen molar-refractivity contribution in [2.45, 2.75) is 50.6 Å². The fraction of sp³-hybridized carbons (Fsp3) is 0.423. The maximum Gasteiger partial charge on any atom is 0.157 e. The van der Waals surface area contributed by atoms with Crippen LogP contribution in [0, 0.1) is 11.6 Å². The largest absolute Gasteiger partial charge is 0.386 e. The summed E-state index contributed by atoms with van der Waals surface area (Å²) in [6.45, 7) is 2.28. The van der Waals surface area contributed by atoms with Crippen molar-refractivity contribution >= 4 is 17.6 Å². The molecule has 33 heavy (non-hydrogen) atoms. The number of fused-ring (bicyclic) bond motifs is 1. The van der Waals surface area contributed by atoms with Gasteiger partial charge in [0.05, 0.1) is 11.3 Å². The summed E-state index contributed by atoms with van der Waals surface area (Å²) in [5, 5.41) is 9.63. The van der Waals surface area contributed by atoms with Crippen molar-refractivity contribution in [3.05, 3.63) is 59.6 Å². The molecule has 3 N–H and O–H groups in total. The molecular formula is C26H31F2N5. The Bertz CT molecular complexity index is 1070. The van der Waals surface area contributed by atoms with Gasteiger partial charge < -0.3 is 20.9 Å². The zero-order valence-corrected chi connectivity index (χ0v) is 19.0. The van der Waals surface area contributed by atoms with Gasteiger partial charge in [0.1, 0.15) is 11.6 Å². The molecule has 0 unspecified atom stereocenters. The number of hydrogen-bond donors (Lipinski definition) is 3. The van der Waals surface area contributed by atoms with Crippen molar-refractivity contribution in [3.63, 3.8) is 0 Å². The summed E-state index contributed by atoms with van der Waals surface area (Å²) in [7, 11) is 1.62. The first-order chi connectivity index (χ1) is 16.1. The molecule has 0 amide bonds. The van der Waals surface area contributed by atoms with Crippen molar-refractivity contribution in [1.82, 2.24) is 10.2 Å². The van der Waals surface area contributed by atoms with Gasteiger partial charge in [-0.1, -0.05) is 18.9 Å². The third-order valence-electron chi connectivity index (χ3n) is 7.13. The van der Waals surface area contributed by atoms with Crippen molar-refractivity contribution in [2.24, 2.45) is 4.99 Å². The number of benzene rings is 2. The summed E-state index contributed by atoms with van der Waals surface area (Å²) in [6.07, 6.45) is 11.3. The number of halogens is 2. The van der Waals surface area contributed by atoms with Crippen LogP contribution < -0.4 is 16.0 Å². The fourth-order valence-corrected chi connectivity index (χ4v) is 5.26. The Morgan fingerprint density at radius 3 is 2.58 bits per heavy atom. The van der Waals surface area contributed by atoms with Crippen LogP contribution in [0.1, 0.15) is 44.1 Å². The molecule has 0 atom stereocenters. The molecule has 0 radical (unpaired) electrons. The molecule has 2 fully saturated rings. The number of rotatable bonds is 5. The number of likely N-dealkylation sites (tertiary alicyclic amines) is 1. The quantitative estimate of drug-likeness (QED) is 0.576. The van der Waals surface area contributed by atoms with Crippen LogP contribution in [0.3, 0.4) is 0 Å². The van der Waals surface area contributed by atoms with E-state index < -0.39 is 11.6 Å². The predicted octanol–water partition coefficient (Wildman–Crippen LogP) is 5.31. The molecule has 5 nitrogen and oxygen atoms in total. The van der Waals surface area contributed by atoms with Gasteiger partial charge in [-0.15, -0.1) is 0 Å². The number of anilines is 2. The molecule has 2 aromatic rings. The van der Waals surface area contributed by atoms with E-state index in [1.165, 1.54) is 37.8 Å². The monoisotopic (exact) mass is 451 g/mol. The van der Waals surface area contributed by atoms with Crippen LogP contribution in [0.4, 0.5) is 20.2 Å². The molecule has 0 bridgehead atoms. The number of nitrogens with one attached hydrogen (secondary N) is 3. The van der Waals surface area contributed by atoms with Crippen molar-refractivity contribution < 1.29 is 8.78 Å². The van der Waals surface area contributed by atoms with Gasteiger partial charge in [0.15, 0.2) is 5.82 Å². The molecule has 0 aromatic heterocycles. The summed E-state index contributed by atoms with van der Waals surface area (Å²) < 4.78 is 29.3. The van der Waals surface area contributed by atoms with Crippen LogP contribution >= 0.6 is 0 Å². The normalized spacial score (nSPS) is 19.5. The summed E-state index contributed by atoms with van der Waals surface area (Å²) in [6, 6.07) is 9.20. The van der Waals surface area contributed by atoms with Crippen molar-refractivity contribution in [2.75, 3.05) is 30.8 Å². The zero-order chi connectivity index (χ0) is 22.8. The van der Waals surface area contributed by atoms with Gasteiger partial charge >= 0.3 is 0 Å². The lowest BCUT2D eigenvalue weighted by molar-refractivity contribution is 0.148. The number of hydrogen-bond acceptors (Lipinski definition) is 5. The second-order valence-electron chi connectivity index (χ2n) is 9.16. The smallest absolute Gasteiger partial charge is 0.157 e. The fourth-order valence-electron chi connectivity index (χ4n) is 5.26. The Balaban J connectivity index is 1.27. The molecular weight excluding hydrogens is 420 g/mol. The van der Waals surface area contributed by atoms with E-state index >= 15 is 0 Å². The maximum atomic E-state index is 14.8. The number of aliphatic imine (C=N–C) groups is 1. The van der Waals surface area contributed by atoms with E-state index in [-0.39, 0.29) is 11.3 Å². The Morgan fingerprint density at radius 2 is 1.82 bits per heavy atom. The Hall–Kier alpha value is -2.93. The van der Waals surface area contributed by atoms with E-state index in [1.807, 2.05) is 12.3 Å². The number of nitrogens with zero attached hydrogens (tertiary/aromatic N) is 2. The average Bonchev–Trinajstić information content (AvgIpc) is 3.30. The highest BCUT2D eigenvalue weighted by molar-refractivity contribution is 5.92. The lowest BCUT2D eigenvalue weighted by Gasteiger charge is -2.36. The van der Waals surface area contributed by atoms with Gasteiger partial charge in [-0.05, 0) is 55.5 Å². The SMILES string of the molecule is CNc1ccc(F)c(-c2ccc3c(c2)C=NC(NC2CCN(C4CCCC4)CC2)=CN3)c1F. The minimum Gasteiger partial charge on any atom is -0.386 e. The first-order valence-corrected chi connectivity index (χ1v) is 11.9. The van der Waals surface area contributed by atoms with Crippen LogP contribution in [0.5, 0.6) is 0 Å². The first kappa shape index (κ1) is 21.9.